The molecule has 52 valence electrons. The summed E-state index contributed by atoms with van der Waals surface area (Å²) in [6, 6.07) is 0. The zero-order valence-electron chi connectivity index (χ0n) is 5.72. The number of carbonyl (C=O) groups excluding carboxylic acids is 1. The maximum atomic E-state index is 10.3. The molecule has 0 spiro atoms. The summed E-state index contributed by atoms with van der Waals surface area (Å²) in [7, 11) is 0. The van der Waals surface area contributed by atoms with Gasteiger partial charge in [-0.1, -0.05) is 19.9 Å². The molecule has 0 N–H and O–H groups in total. The number of hydrogen-bond acceptors (Lipinski definition) is 2. The standard InChI is InChI=1S/C7H12O2/c1-3-5-6-9-7(8)4-2/h4H,2-3,5-6H2,1H3/i7+1. The van der Waals surface area contributed by atoms with Crippen molar-refractivity contribution < 1.29 is 9.53 Å². The number of ether oxygens (including phenoxy) is 1. The van der Waals surface area contributed by atoms with Gasteiger partial charge >= 0.3 is 5.97 Å². The maximum Gasteiger partial charge on any atom is 0.330 e. The van der Waals surface area contributed by atoms with Crippen LogP contribution in [0.15, 0.2) is 12.7 Å². The van der Waals surface area contributed by atoms with E-state index in [4.69, 9.17) is 0 Å². The van der Waals surface area contributed by atoms with Crippen LogP contribution in [0.25, 0.3) is 0 Å². The Hall–Kier alpha value is -0.790. The van der Waals surface area contributed by atoms with E-state index in [9.17, 15) is 4.79 Å². The van der Waals surface area contributed by atoms with Crippen LogP contribution < -0.4 is 0 Å². The van der Waals surface area contributed by atoms with Gasteiger partial charge < -0.3 is 4.74 Å². The number of hydrogen-bond donors (Lipinski definition) is 0. The highest BCUT2D eigenvalue weighted by Crippen LogP contribution is 1.88. The van der Waals surface area contributed by atoms with E-state index in [0.29, 0.717) is 6.61 Å². The summed E-state index contributed by atoms with van der Waals surface area (Å²) >= 11 is 0. The van der Waals surface area contributed by atoms with Gasteiger partial charge in [0.15, 0.2) is 0 Å². The Kier molecular flexibility index (Phi) is 4.88. The minimum absolute atomic E-state index is 0.330. The second-order valence-corrected chi connectivity index (χ2v) is 1.73. The largest absolute Gasteiger partial charge is 0.463 e. The lowest BCUT2D eigenvalue weighted by molar-refractivity contribution is -0.137. The first-order chi connectivity index (χ1) is 4.31. The van der Waals surface area contributed by atoms with Gasteiger partial charge in [0.1, 0.15) is 0 Å². The third kappa shape index (κ3) is 5.07. The van der Waals surface area contributed by atoms with Crippen LogP contribution in [0.5, 0.6) is 0 Å². The molecule has 9 heavy (non-hydrogen) atoms. The first kappa shape index (κ1) is 8.21. The topological polar surface area (TPSA) is 26.3 Å². The molecule has 0 unspecified atom stereocenters. The highest BCUT2D eigenvalue weighted by Gasteiger charge is 1.91. The molecule has 0 fully saturated rings. The third-order valence-corrected chi connectivity index (χ3v) is 0.909. The molecule has 0 radical (unpaired) electrons. The highest BCUT2D eigenvalue weighted by molar-refractivity contribution is 5.81. The molecule has 0 atom stereocenters. The Labute approximate surface area is 55.5 Å². The van der Waals surface area contributed by atoms with Gasteiger partial charge in [0, 0.05) is 6.08 Å². The quantitative estimate of drug-likeness (QED) is 0.249. The van der Waals surface area contributed by atoms with Crippen LogP contribution in [0.4, 0.5) is 0 Å². The second kappa shape index (κ2) is 5.35. The lowest BCUT2D eigenvalue weighted by Crippen LogP contribution is -2.00. The molecule has 2 nitrogen and oxygen atoms in total. The number of carbonyl (C=O) groups is 1. The van der Waals surface area contributed by atoms with E-state index in [0.717, 1.165) is 12.8 Å². The summed E-state index contributed by atoms with van der Waals surface area (Å²) < 4.78 is 4.67. The average molecular weight is 129 g/mol. The first-order valence-corrected chi connectivity index (χ1v) is 3.10. The fraction of sp³-hybridized carbons (Fsp3) is 0.571. The fourth-order valence-electron chi connectivity index (χ4n) is 0.376. The van der Waals surface area contributed by atoms with Crippen molar-refractivity contribution in [2.75, 3.05) is 6.61 Å². The summed E-state index contributed by atoms with van der Waals surface area (Å²) in [6.07, 6.45) is 3.15. The zero-order chi connectivity index (χ0) is 7.11. The van der Waals surface area contributed by atoms with Crippen molar-refractivity contribution in [3.05, 3.63) is 12.7 Å². The van der Waals surface area contributed by atoms with E-state index < -0.39 is 0 Å². The van der Waals surface area contributed by atoms with Crippen LogP contribution in [0, 0.1) is 0 Å². The van der Waals surface area contributed by atoms with Crippen molar-refractivity contribution in [2.45, 2.75) is 19.8 Å². The Morgan fingerprint density at radius 3 is 2.89 bits per heavy atom. The molecular formula is C7H12O2. The van der Waals surface area contributed by atoms with E-state index in [1.54, 1.807) is 0 Å². The molecule has 0 saturated carbocycles. The molecule has 0 bridgehead atoms. The van der Waals surface area contributed by atoms with Crippen molar-refractivity contribution in [2.24, 2.45) is 0 Å². The van der Waals surface area contributed by atoms with E-state index in [1.807, 2.05) is 6.92 Å². The Morgan fingerprint density at radius 1 is 1.78 bits per heavy atom. The summed E-state index contributed by atoms with van der Waals surface area (Å²) in [5, 5.41) is 0. The van der Waals surface area contributed by atoms with Gasteiger partial charge in [-0.3, -0.25) is 0 Å². The van der Waals surface area contributed by atoms with Crippen molar-refractivity contribution in [1.29, 1.82) is 0 Å². The Morgan fingerprint density at radius 2 is 2.44 bits per heavy atom. The summed E-state index contributed by atoms with van der Waals surface area (Å²) in [5.74, 6) is -0.330. The lowest BCUT2D eigenvalue weighted by Gasteiger charge is -1.97. The SMILES string of the molecule is C=C[13C](=O)OCCCC. The predicted octanol–water partition coefficient (Wildman–Crippen LogP) is 1.52. The summed E-state index contributed by atoms with van der Waals surface area (Å²) in [5.41, 5.74) is 0. The second-order valence-electron chi connectivity index (χ2n) is 1.73. The maximum absolute atomic E-state index is 10.3. The van der Waals surface area contributed by atoms with E-state index >= 15 is 0 Å². The van der Waals surface area contributed by atoms with Crippen LogP contribution in [0.1, 0.15) is 19.8 Å². The van der Waals surface area contributed by atoms with Crippen LogP contribution >= 0.6 is 0 Å². The average Bonchev–Trinajstić information content (AvgIpc) is 1.89. The Bertz CT molecular complexity index is 97.1. The van der Waals surface area contributed by atoms with Gasteiger partial charge in [-0.05, 0) is 6.42 Å². The number of rotatable bonds is 4. The normalized spacial score (nSPS) is 8.56. The molecule has 2 heteroatoms. The molecular weight excluding hydrogens is 117 g/mol. The molecule has 0 aliphatic carbocycles. The van der Waals surface area contributed by atoms with Gasteiger partial charge in [-0.15, -0.1) is 0 Å². The molecule has 0 saturated heterocycles. The molecule has 0 aromatic heterocycles. The minimum atomic E-state index is -0.330. The smallest absolute Gasteiger partial charge is 0.330 e. The van der Waals surface area contributed by atoms with Crippen LogP contribution in [-0.2, 0) is 9.53 Å². The molecule has 0 aliphatic heterocycles. The van der Waals surface area contributed by atoms with E-state index in [1.165, 1.54) is 6.08 Å². The Balaban J connectivity index is 3.07. The highest BCUT2D eigenvalue weighted by atomic mass is 16.6. The third-order valence-electron chi connectivity index (χ3n) is 0.909. The van der Waals surface area contributed by atoms with E-state index in [-0.39, 0.29) is 5.97 Å². The predicted molar refractivity (Wildman–Crippen MR) is 36.1 cm³/mol. The number of esters is 1. The zero-order valence-corrected chi connectivity index (χ0v) is 5.72. The first-order valence-electron chi connectivity index (χ1n) is 3.10. The fourth-order valence-corrected chi connectivity index (χ4v) is 0.376. The molecule has 0 aromatic rings. The van der Waals surface area contributed by atoms with Gasteiger partial charge in [-0.25, -0.2) is 4.79 Å². The van der Waals surface area contributed by atoms with Crippen LogP contribution in [-0.4, -0.2) is 12.6 Å². The molecule has 0 rings (SSSR count). The van der Waals surface area contributed by atoms with Crippen molar-refractivity contribution in [3.8, 4) is 0 Å². The van der Waals surface area contributed by atoms with Crippen LogP contribution in [0.3, 0.4) is 0 Å². The van der Waals surface area contributed by atoms with E-state index in [2.05, 4.69) is 11.3 Å². The van der Waals surface area contributed by atoms with Gasteiger partial charge in [0.2, 0.25) is 0 Å². The minimum Gasteiger partial charge on any atom is -0.463 e. The number of unbranched alkanes of at least 4 members (excludes halogenated alkanes) is 1. The van der Waals surface area contributed by atoms with Gasteiger partial charge in [0.25, 0.3) is 0 Å². The van der Waals surface area contributed by atoms with Crippen molar-refractivity contribution in [3.63, 3.8) is 0 Å². The molecule has 0 heterocycles. The summed E-state index contributed by atoms with van der Waals surface area (Å²) in [6.45, 7) is 5.82. The lowest BCUT2D eigenvalue weighted by atomic mass is 10.4. The molecule has 0 aromatic carbocycles. The van der Waals surface area contributed by atoms with Gasteiger partial charge in [-0.2, -0.15) is 0 Å². The molecule has 0 amide bonds. The van der Waals surface area contributed by atoms with Crippen molar-refractivity contribution in [1.82, 2.24) is 0 Å². The van der Waals surface area contributed by atoms with Crippen molar-refractivity contribution >= 4 is 5.97 Å². The summed E-state index contributed by atoms with van der Waals surface area (Å²) in [4.78, 5) is 10.3. The van der Waals surface area contributed by atoms with Crippen LogP contribution in [0.2, 0.25) is 0 Å². The molecule has 0 aliphatic rings. The monoisotopic (exact) mass is 129 g/mol. The van der Waals surface area contributed by atoms with Gasteiger partial charge in [0.05, 0.1) is 6.61 Å².